The van der Waals surface area contributed by atoms with E-state index in [4.69, 9.17) is 10.2 Å². The molecule has 5 nitrogen and oxygen atoms in total. The van der Waals surface area contributed by atoms with Crippen molar-refractivity contribution in [2.24, 2.45) is 0 Å². The van der Waals surface area contributed by atoms with E-state index in [1.54, 1.807) is 35.1 Å². The summed E-state index contributed by atoms with van der Waals surface area (Å²) in [6.45, 7) is 0. The van der Waals surface area contributed by atoms with Crippen LogP contribution in [-0.2, 0) is 11.2 Å². The van der Waals surface area contributed by atoms with Crippen LogP contribution < -0.4 is 0 Å². The first-order valence-corrected chi connectivity index (χ1v) is 4.70. The van der Waals surface area contributed by atoms with Gasteiger partial charge in [-0.05, 0) is 24.3 Å². The van der Waals surface area contributed by atoms with Gasteiger partial charge in [0.15, 0.2) is 0 Å². The van der Waals surface area contributed by atoms with Crippen molar-refractivity contribution in [1.29, 1.82) is 0 Å². The molecular formula is C11H10N2O3. The fourth-order valence-corrected chi connectivity index (χ4v) is 1.37. The number of hydrogen-bond acceptors (Lipinski definition) is 3. The summed E-state index contributed by atoms with van der Waals surface area (Å²) in [5, 5.41) is 21.8. The monoisotopic (exact) mass is 218 g/mol. The van der Waals surface area contributed by atoms with Gasteiger partial charge in [0.1, 0.15) is 5.75 Å². The molecule has 0 spiro atoms. The maximum Gasteiger partial charge on any atom is 0.307 e. The highest BCUT2D eigenvalue weighted by Crippen LogP contribution is 2.13. The minimum atomic E-state index is -0.884. The van der Waals surface area contributed by atoms with Gasteiger partial charge in [-0.25, -0.2) is 4.68 Å². The summed E-state index contributed by atoms with van der Waals surface area (Å²) in [6.07, 6.45) is 3.12. The zero-order valence-electron chi connectivity index (χ0n) is 8.37. The molecule has 0 bridgehead atoms. The maximum atomic E-state index is 10.5. The fourth-order valence-electron chi connectivity index (χ4n) is 1.37. The second kappa shape index (κ2) is 4.06. The van der Waals surface area contributed by atoms with E-state index in [2.05, 4.69) is 5.10 Å². The minimum Gasteiger partial charge on any atom is -0.508 e. The summed E-state index contributed by atoms with van der Waals surface area (Å²) in [4.78, 5) is 10.5. The first-order valence-electron chi connectivity index (χ1n) is 4.70. The quantitative estimate of drug-likeness (QED) is 0.811. The van der Waals surface area contributed by atoms with Crippen LogP contribution in [-0.4, -0.2) is 26.0 Å². The fraction of sp³-hybridized carbons (Fsp3) is 0.0909. The molecule has 2 rings (SSSR count). The summed E-state index contributed by atoms with van der Waals surface area (Å²) in [7, 11) is 0. The minimum absolute atomic E-state index is 0.0436. The summed E-state index contributed by atoms with van der Waals surface area (Å²) in [5.74, 6) is -0.702. The van der Waals surface area contributed by atoms with E-state index in [0.29, 0.717) is 5.56 Å². The highest BCUT2D eigenvalue weighted by Gasteiger charge is 2.04. The molecule has 1 heterocycles. The zero-order valence-corrected chi connectivity index (χ0v) is 8.37. The topological polar surface area (TPSA) is 75.3 Å². The number of phenolic OH excluding ortho intramolecular Hbond substituents is 1. The van der Waals surface area contributed by atoms with Crippen LogP contribution in [0.4, 0.5) is 0 Å². The molecule has 0 saturated carbocycles. The summed E-state index contributed by atoms with van der Waals surface area (Å²) in [5.41, 5.74) is 1.41. The third-order valence-corrected chi connectivity index (χ3v) is 2.11. The molecule has 2 aromatic rings. The predicted octanol–water partition coefficient (Wildman–Crippen LogP) is 1.20. The van der Waals surface area contributed by atoms with E-state index in [1.807, 2.05) is 0 Å². The van der Waals surface area contributed by atoms with Crippen molar-refractivity contribution in [1.82, 2.24) is 9.78 Å². The van der Waals surface area contributed by atoms with Crippen molar-refractivity contribution in [3.05, 3.63) is 42.2 Å². The SMILES string of the molecule is O=C(O)Cc1cnn(-c2ccc(O)cc2)c1. The summed E-state index contributed by atoms with van der Waals surface area (Å²) < 4.78 is 1.57. The van der Waals surface area contributed by atoms with Crippen molar-refractivity contribution >= 4 is 5.97 Å². The van der Waals surface area contributed by atoms with E-state index in [1.165, 1.54) is 6.20 Å². The van der Waals surface area contributed by atoms with Gasteiger partial charge in [-0.1, -0.05) is 0 Å². The molecular weight excluding hydrogens is 208 g/mol. The lowest BCUT2D eigenvalue weighted by atomic mass is 10.2. The van der Waals surface area contributed by atoms with Crippen LogP contribution in [0.15, 0.2) is 36.7 Å². The molecule has 0 unspecified atom stereocenters. The van der Waals surface area contributed by atoms with E-state index < -0.39 is 5.97 Å². The van der Waals surface area contributed by atoms with E-state index in [-0.39, 0.29) is 12.2 Å². The standard InChI is InChI=1S/C11H10N2O3/c14-10-3-1-9(2-4-10)13-7-8(6-12-13)5-11(15)16/h1-4,6-7,14H,5H2,(H,15,16). The second-order valence-corrected chi connectivity index (χ2v) is 3.38. The molecule has 0 atom stereocenters. The Bertz CT molecular complexity index is 502. The normalized spacial score (nSPS) is 10.2. The van der Waals surface area contributed by atoms with E-state index in [0.717, 1.165) is 5.69 Å². The molecule has 82 valence electrons. The molecule has 0 aliphatic heterocycles. The lowest BCUT2D eigenvalue weighted by Gasteiger charge is -2.00. The van der Waals surface area contributed by atoms with Gasteiger partial charge in [0.05, 0.1) is 18.3 Å². The smallest absolute Gasteiger partial charge is 0.307 e. The van der Waals surface area contributed by atoms with Crippen LogP contribution in [0.25, 0.3) is 5.69 Å². The van der Waals surface area contributed by atoms with E-state index in [9.17, 15) is 4.79 Å². The molecule has 0 fully saturated rings. The van der Waals surface area contributed by atoms with Crippen molar-refractivity contribution in [2.45, 2.75) is 6.42 Å². The summed E-state index contributed by atoms with van der Waals surface area (Å²) >= 11 is 0. The van der Waals surface area contributed by atoms with Gasteiger partial charge in [-0.2, -0.15) is 5.10 Å². The average Bonchev–Trinajstić information content (AvgIpc) is 2.66. The van der Waals surface area contributed by atoms with Gasteiger partial charge in [0.2, 0.25) is 0 Å². The van der Waals surface area contributed by atoms with E-state index >= 15 is 0 Å². The Morgan fingerprint density at radius 1 is 1.31 bits per heavy atom. The Kier molecular flexibility index (Phi) is 2.59. The van der Waals surface area contributed by atoms with Crippen LogP contribution >= 0.6 is 0 Å². The van der Waals surface area contributed by atoms with Gasteiger partial charge in [-0.3, -0.25) is 4.79 Å². The number of carbonyl (C=O) groups is 1. The van der Waals surface area contributed by atoms with Crippen LogP contribution in [0.5, 0.6) is 5.75 Å². The average molecular weight is 218 g/mol. The van der Waals surface area contributed by atoms with Crippen molar-refractivity contribution in [2.75, 3.05) is 0 Å². The molecule has 2 N–H and O–H groups in total. The van der Waals surface area contributed by atoms with Crippen molar-refractivity contribution in [3.8, 4) is 11.4 Å². The zero-order chi connectivity index (χ0) is 11.5. The number of phenols is 1. The Morgan fingerprint density at radius 3 is 2.62 bits per heavy atom. The summed E-state index contributed by atoms with van der Waals surface area (Å²) in [6, 6.07) is 6.50. The van der Waals surface area contributed by atoms with Gasteiger partial charge in [0, 0.05) is 11.8 Å². The molecule has 16 heavy (non-hydrogen) atoms. The Balaban J connectivity index is 2.24. The third-order valence-electron chi connectivity index (χ3n) is 2.11. The predicted molar refractivity (Wildman–Crippen MR) is 56.6 cm³/mol. The van der Waals surface area contributed by atoms with Crippen molar-refractivity contribution in [3.63, 3.8) is 0 Å². The Morgan fingerprint density at radius 2 is 2.00 bits per heavy atom. The number of carboxylic acid groups (broad SMARTS) is 1. The van der Waals surface area contributed by atoms with Gasteiger partial charge < -0.3 is 10.2 Å². The van der Waals surface area contributed by atoms with Crippen LogP contribution in [0.1, 0.15) is 5.56 Å². The first kappa shape index (κ1) is 10.2. The lowest BCUT2D eigenvalue weighted by Crippen LogP contribution is -1.98. The molecule has 1 aromatic heterocycles. The number of rotatable bonds is 3. The molecule has 0 saturated heterocycles. The highest BCUT2D eigenvalue weighted by molar-refractivity contribution is 5.69. The Labute approximate surface area is 91.6 Å². The van der Waals surface area contributed by atoms with Gasteiger partial charge >= 0.3 is 5.97 Å². The van der Waals surface area contributed by atoms with Crippen LogP contribution in [0.2, 0.25) is 0 Å². The number of hydrogen-bond donors (Lipinski definition) is 2. The number of aromatic hydroxyl groups is 1. The second-order valence-electron chi connectivity index (χ2n) is 3.38. The first-order chi connectivity index (χ1) is 7.65. The highest BCUT2D eigenvalue weighted by atomic mass is 16.4. The molecule has 0 amide bonds. The molecule has 0 aliphatic rings. The number of aromatic nitrogens is 2. The molecule has 0 radical (unpaired) electrons. The molecule has 0 aliphatic carbocycles. The molecule has 5 heteroatoms. The number of nitrogens with zero attached hydrogens (tertiary/aromatic N) is 2. The van der Waals surface area contributed by atoms with Gasteiger partial charge in [-0.15, -0.1) is 0 Å². The molecule has 1 aromatic carbocycles. The largest absolute Gasteiger partial charge is 0.508 e. The number of benzene rings is 1. The number of aliphatic carboxylic acids is 1. The maximum absolute atomic E-state index is 10.5. The third kappa shape index (κ3) is 2.20. The van der Waals surface area contributed by atoms with Gasteiger partial charge in [0.25, 0.3) is 0 Å². The Hall–Kier alpha value is -2.30. The van der Waals surface area contributed by atoms with Crippen molar-refractivity contribution < 1.29 is 15.0 Å². The van der Waals surface area contributed by atoms with Crippen LogP contribution in [0, 0.1) is 0 Å². The lowest BCUT2D eigenvalue weighted by molar-refractivity contribution is -0.136. The van der Waals surface area contributed by atoms with Crippen LogP contribution in [0.3, 0.4) is 0 Å². The number of carboxylic acids is 1.